The van der Waals surface area contributed by atoms with E-state index in [1.807, 2.05) is 6.07 Å². The van der Waals surface area contributed by atoms with Gasteiger partial charge in [-0.2, -0.15) is 0 Å². The summed E-state index contributed by atoms with van der Waals surface area (Å²) in [7, 11) is 0. The molecule has 0 saturated heterocycles. The highest BCUT2D eigenvalue weighted by Crippen LogP contribution is 2.31. The fourth-order valence-corrected chi connectivity index (χ4v) is 2.99. The largest absolute Gasteiger partial charge is 0.387 e. The normalized spacial score (nSPS) is 24.5. The lowest BCUT2D eigenvalue weighted by atomic mass is 9.98. The van der Waals surface area contributed by atoms with Gasteiger partial charge in [0, 0.05) is 6.04 Å². The first-order chi connectivity index (χ1) is 8.27. The van der Waals surface area contributed by atoms with Crippen molar-refractivity contribution in [2.24, 2.45) is 0 Å². The van der Waals surface area contributed by atoms with E-state index in [0.29, 0.717) is 0 Å². The lowest BCUT2D eigenvalue weighted by Crippen LogP contribution is -2.39. The molecule has 0 heterocycles. The number of fused-ring (bicyclic) bond motifs is 1. The Bertz CT molecular complexity index is 360. The number of benzene rings is 1. The monoisotopic (exact) mass is 233 g/mol. The van der Waals surface area contributed by atoms with E-state index in [1.54, 1.807) is 0 Å². The van der Waals surface area contributed by atoms with E-state index in [-0.39, 0.29) is 12.1 Å². The third-order valence-electron chi connectivity index (χ3n) is 3.97. The smallest absolute Gasteiger partial charge is 0.0947 e. The molecule has 0 amide bonds. The van der Waals surface area contributed by atoms with Gasteiger partial charge in [-0.15, -0.1) is 0 Å². The molecule has 1 aliphatic rings. The second-order valence-electron chi connectivity index (χ2n) is 4.82. The molecule has 0 aromatic heterocycles. The Morgan fingerprint density at radius 2 is 1.94 bits per heavy atom. The van der Waals surface area contributed by atoms with Crippen LogP contribution >= 0.6 is 0 Å². The molecule has 0 radical (unpaired) electrons. The van der Waals surface area contributed by atoms with Crippen molar-refractivity contribution in [3.05, 3.63) is 35.4 Å². The van der Waals surface area contributed by atoms with Gasteiger partial charge in [-0.25, -0.2) is 0 Å². The van der Waals surface area contributed by atoms with Crippen LogP contribution in [0.3, 0.4) is 0 Å². The quantitative estimate of drug-likeness (QED) is 0.811. The van der Waals surface area contributed by atoms with Crippen LogP contribution in [0.15, 0.2) is 24.3 Å². The molecule has 1 aromatic rings. The average molecular weight is 233 g/mol. The second-order valence-corrected chi connectivity index (χ2v) is 4.82. The Morgan fingerprint density at radius 3 is 2.65 bits per heavy atom. The Morgan fingerprint density at radius 1 is 1.24 bits per heavy atom. The number of hydrogen-bond acceptors (Lipinski definition) is 2. The number of aliphatic hydroxyl groups excluding tert-OH is 1. The van der Waals surface area contributed by atoms with Gasteiger partial charge in [0.15, 0.2) is 0 Å². The summed E-state index contributed by atoms with van der Waals surface area (Å²) in [5.41, 5.74) is 2.47. The number of hydrogen-bond donors (Lipinski definition) is 1. The lowest BCUT2D eigenvalue weighted by Gasteiger charge is -2.32. The number of likely N-dealkylation sites (N-methyl/N-ethyl adjacent to an activating group) is 1. The zero-order valence-corrected chi connectivity index (χ0v) is 10.9. The van der Waals surface area contributed by atoms with E-state index in [2.05, 4.69) is 36.9 Å². The first-order valence-corrected chi connectivity index (χ1v) is 6.77. The van der Waals surface area contributed by atoms with Crippen LogP contribution in [0.2, 0.25) is 0 Å². The SMILES string of the molecule is CCN(CC)C1CCCc2ccccc2C1O. The maximum atomic E-state index is 10.6. The molecule has 2 rings (SSSR count). The number of aryl methyl sites for hydroxylation is 1. The molecular formula is C15H23NO. The molecule has 1 aromatic carbocycles. The van der Waals surface area contributed by atoms with Gasteiger partial charge in [0.1, 0.15) is 0 Å². The maximum Gasteiger partial charge on any atom is 0.0947 e. The molecule has 2 atom stereocenters. The molecule has 17 heavy (non-hydrogen) atoms. The molecule has 0 fully saturated rings. The summed E-state index contributed by atoms with van der Waals surface area (Å²) in [6, 6.07) is 8.63. The molecule has 2 heteroatoms. The lowest BCUT2D eigenvalue weighted by molar-refractivity contribution is 0.0504. The van der Waals surface area contributed by atoms with Gasteiger partial charge in [0.25, 0.3) is 0 Å². The minimum atomic E-state index is -0.325. The van der Waals surface area contributed by atoms with Gasteiger partial charge in [0.2, 0.25) is 0 Å². The van der Waals surface area contributed by atoms with Crippen molar-refractivity contribution >= 4 is 0 Å². The van der Waals surface area contributed by atoms with Crippen LogP contribution in [-0.2, 0) is 6.42 Å². The standard InChI is InChI=1S/C15H23NO/c1-3-16(4-2)14-11-7-9-12-8-5-6-10-13(12)15(14)17/h5-6,8,10,14-15,17H,3-4,7,9,11H2,1-2H3. The molecule has 0 spiro atoms. The van der Waals surface area contributed by atoms with E-state index in [1.165, 1.54) is 12.0 Å². The highest BCUT2D eigenvalue weighted by Gasteiger charge is 2.28. The first-order valence-electron chi connectivity index (χ1n) is 6.77. The van der Waals surface area contributed by atoms with Crippen molar-refractivity contribution < 1.29 is 5.11 Å². The van der Waals surface area contributed by atoms with Crippen molar-refractivity contribution in [2.45, 2.75) is 45.3 Å². The Hall–Kier alpha value is -0.860. The molecule has 2 unspecified atom stereocenters. The van der Waals surface area contributed by atoms with Gasteiger partial charge in [-0.3, -0.25) is 4.90 Å². The minimum Gasteiger partial charge on any atom is -0.387 e. The van der Waals surface area contributed by atoms with E-state index < -0.39 is 0 Å². The molecule has 0 bridgehead atoms. The summed E-state index contributed by atoms with van der Waals surface area (Å²) in [5, 5.41) is 10.6. The van der Waals surface area contributed by atoms with Gasteiger partial charge in [-0.05, 0) is 43.5 Å². The number of nitrogens with zero attached hydrogens (tertiary/aromatic N) is 1. The molecule has 2 nitrogen and oxygen atoms in total. The summed E-state index contributed by atoms with van der Waals surface area (Å²) in [6.07, 6.45) is 3.05. The summed E-state index contributed by atoms with van der Waals surface area (Å²) < 4.78 is 0. The summed E-state index contributed by atoms with van der Waals surface area (Å²) in [5.74, 6) is 0. The van der Waals surface area contributed by atoms with Crippen molar-refractivity contribution in [3.8, 4) is 0 Å². The maximum absolute atomic E-state index is 10.6. The molecular weight excluding hydrogens is 210 g/mol. The van der Waals surface area contributed by atoms with Crippen LogP contribution < -0.4 is 0 Å². The zero-order chi connectivity index (χ0) is 12.3. The second kappa shape index (κ2) is 5.65. The van der Waals surface area contributed by atoms with Crippen molar-refractivity contribution in [1.29, 1.82) is 0 Å². The number of aliphatic hydroxyl groups is 1. The van der Waals surface area contributed by atoms with Crippen LogP contribution in [-0.4, -0.2) is 29.1 Å². The molecule has 1 aliphatic carbocycles. The van der Waals surface area contributed by atoms with Crippen LogP contribution in [0.4, 0.5) is 0 Å². The number of rotatable bonds is 3. The van der Waals surface area contributed by atoms with Crippen molar-refractivity contribution in [3.63, 3.8) is 0 Å². The van der Waals surface area contributed by atoms with Gasteiger partial charge < -0.3 is 5.11 Å². The van der Waals surface area contributed by atoms with E-state index in [9.17, 15) is 5.11 Å². The minimum absolute atomic E-state index is 0.286. The summed E-state index contributed by atoms with van der Waals surface area (Å²) in [6.45, 7) is 6.38. The molecule has 1 N–H and O–H groups in total. The molecule has 0 saturated carbocycles. The average Bonchev–Trinajstić information content (AvgIpc) is 2.53. The van der Waals surface area contributed by atoms with E-state index in [4.69, 9.17) is 0 Å². The Labute approximate surface area is 104 Å². The van der Waals surface area contributed by atoms with Gasteiger partial charge in [-0.1, -0.05) is 38.1 Å². The Balaban J connectivity index is 2.28. The van der Waals surface area contributed by atoms with E-state index >= 15 is 0 Å². The predicted octanol–water partition coefficient (Wildman–Crippen LogP) is 2.77. The third kappa shape index (κ3) is 2.53. The fraction of sp³-hybridized carbons (Fsp3) is 0.600. The summed E-state index contributed by atoms with van der Waals surface area (Å²) in [4.78, 5) is 2.38. The van der Waals surface area contributed by atoms with Crippen LogP contribution in [0.5, 0.6) is 0 Å². The third-order valence-corrected chi connectivity index (χ3v) is 3.97. The van der Waals surface area contributed by atoms with Crippen molar-refractivity contribution in [2.75, 3.05) is 13.1 Å². The van der Waals surface area contributed by atoms with Crippen LogP contribution in [0.25, 0.3) is 0 Å². The molecule has 94 valence electrons. The highest BCUT2D eigenvalue weighted by molar-refractivity contribution is 5.31. The van der Waals surface area contributed by atoms with E-state index in [0.717, 1.165) is 31.5 Å². The topological polar surface area (TPSA) is 23.5 Å². The van der Waals surface area contributed by atoms with Gasteiger partial charge >= 0.3 is 0 Å². The van der Waals surface area contributed by atoms with Crippen molar-refractivity contribution in [1.82, 2.24) is 4.90 Å². The zero-order valence-electron chi connectivity index (χ0n) is 10.9. The fourth-order valence-electron chi connectivity index (χ4n) is 2.99. The Kier molecular flexibility index (Phi) is 4.19. The van der Waals surface area contributed by atoms with Crippen LogP contribution in [0.1, 0.15) is 43.9 Å². The first kappa shape index (κ1) is 12.6. The van der Waals surface area contributed by atoms with Crippen LogP contribution in [0, 0.1) is 0 Å². The highest BCUT2D eigenvalue weighted by atomic mass is 16.3. The molecule has 0 aliphatic heterocycles. The summed E-state index contributed by atoms with van der Waals surface area (Å²) >= 11 is 0. The van der Waals surface area contributed by atoms with Gasteiger partial charge in [0.05, 0.1) is 6.10 Å². The predicted molar refractivity (Wildman–Crippen MR) is 71.0 cm³/mol.